The summed E-state index contributed by atoms with van der Waals surface area (Å²) in [5.74, 6) is 2.89. The van der Waals surface area contributed by atoms with Gasteiger partial charge in [0.05, 0.1) is 32.5 Å². The largest absolute Gasteiger partial charge is 0.493 e. The van der Waals surface area contributed by atoms with Gasteiger partial charge in [-0.15, -0.1) is 5.10 Å². The van der Waals surface area contributed by atoms with Gasteiger partial charge in [-0.1, -0.05) is 17.4 Å². The van der Waals surface area contributed by atoms with E-state index in [-0.39, 0.29) is 5.56 Å². The van der Waals surface area contributed by atoms with Crippen molar-refractivity contribution >= 4 is 22.4 Å². The molecule has 0 bridgehead atoms. The van der Waals surface area contributed by atoms with E-state index in [1.165, 1.54) is 15.9 Å². The number of hydrogen-bond donors (Lipinski definition) is 0. The van der Waals surface area contributed by atoms with E-state index in [0.29, 0.717) is 44.9 Å². The van der Waals surface area contributed by atoms with Crippen LogP contribution in [-0.2, 0) is 0 Å². The minimum Gasteiger partial charge on any atom is -0.493 e. The lowest BCUT2D eigenvalue weighted by molar-refractivity contribution is 0.311. The topological polar surface area (TPSA) is 84.2 Å². The van der Waals surface area contributed by atoms with Crippen LogP contribution in [0.5, 0.6) is 23.0 Å². The van der Waals surface area contributed by atoms with Gasteiger partial charge in [-0.25, -0.2) is 0 Å². The molecule has 0 atom stereocenters. The van der Waals surface area contributed by atoms with Crippen molar-refractivity contribution in [2.24, 2.45) is 0 Å². The molecule has 0 unspecified atom stereocenters. The number of aromatic nitrogens is 3. The number of ether oxygens (including phenoxy) is 4. The molecule has 2 aromatic heterocycles. The fourth-order valence-electron chi connectivity index (χ4n) is 3.13. The van der Waals surface area contributed by atoms with Gasteiger partial charge in [0.2, 0.25) is 4.96 Å². The van der Waals surface area contributed by atoms with Crippen molar-refractivity contribution in [2.45, 2.75) is 6.92 Å². The van der Waals surface area contributed by atoms with Crippen molar-refractivity contribution < 1.29 is 18.9 Å². The molecule has 0 aliphatic rings. The van der Waals surface area contributed by atoms with E-state index in [2.05, 4.69) is 10.1 Å². The summed E-state index contributed by atoms with van der Waals surface area (Å²) in [4.78, 5) is 17.9. The van der Waals surface area contributed by atoms with E-state index >= 15 is 0 Å². The SMILES string of the molecule is CCOc1ccc(C=c2sc3nc(-c4ccc(OC)c(OC)c4)nn3c2=O)cc1OC. The number of methoxy groups -OCH3 is 3. The van der Waals surface area contributed by atoms with Gasteiger partial charge in [0.15, 0.2) is 28.8 Å². The summed E-state index contributed by atoms with van der Waals surface area (Å²) >= 11 is 1.27. The molecular weight excluding hydrogens is 418 g/mol. The molecule has 0 saturated heterocycles. The second-order valence-electron chi connectivity index (χ2n) is 6.46. The summed E-state index contributed by atoms with van der Waals surface area (Å²) < 4.78 is 23.4. The zero-order valence-electron chi connectivity index (χ0n) is 17.5. The summed E-state index contributed by atoms with van der Waals surface area (Å²) in [6.07, 6.45) is 1.79. The maximum Gasteiger partial charge on any atom is 0.291 e. The fraction of sp³-hybridized carbons (Fsp3) is 0.227. The molecule has 8 nitrogen and oxygen atoms in total. The Hall–Kier alpha value is -3.59. The minimum atomic E-state index is -0.230. The van der Waals surface area contributed by atoms with Gasteiger partial charge in [-0.05, 0) is 48.9 Å². The Morgan fingerprint density at radius 3 is 2.35 bits per heavy atom. The van der Waals surface area contributed by atoms with Crippen molar-refractivity contribution in [3.8, 4) is 34.4 Å². The number of thiazole rings is 1. The summed E-state index contributed by atoms with van der Waals surface area (Å²) in [7, 11) is 4.72. The average molecular weight is 439 g/mol. The molecule has 0 radical (unpaired) electrons. The second-order valence-corrected chi connectivity index (χ2v) is 7.47. The van der Waals surface area contributed by atoms with Crippen LogP contribution in [0.1, 0.15) is 12.5 Å². The van der Waals surface area contributed by atoms with Crippen LogP contribution in [0.2, 0.25) is 0 Å². The van der Waals surface area contributed by atoms with Crippen LogP contribution in [0.3, 0.4) is 0 Å². The Balaban J connectivity index is 1.72. The van der Waals surface area contributed by atoms with Gasteiger partial charge in [-0.3, -0.25) is 4.79 Å². The number of fused-ring (bicyclic) bond motifs is 1. The standard InChI is InChI=1S/C22H21N3O5S/c1-5-30-16-8-6-13(10-17(16)28-3)11-19-21(26)25-22(31-19)23-20(24-25)14-7-9-15(27-2)18(12-14)29-4/h6-12H,5H2,1-4H3. The number of benzene rings is 2. The lowest BCUT2D eigenvalue weighted by atomic mass is 10.2. The zero-order valence-corrected chi connectivity index (χ0v) is 18.4. The Labute approximate surface area is 182 Å². The highest BCUT2D eigenvalue weighted by molar-refractivity contribution is 7.15. The molecule has 2 heterocycles. The molecule has 0 saturated carbocycles. The zero-order chi connectivity index (χ0) is 22.0. The fourth-order valence-corrected chi connectivity index (χ4v) is 4.04. The van der Waals surface area contributed by atoms with Crippen molar-refractivity contribution in [1.29, 1.82) is 0 Å². The monoisotopic (exact) mass is 439 g/mol. The van der Waals surface area contributed by atoms with E-state index in [1.807, 2.05) is 31.2 Å². The number of hydrogen-bond acceptors (Lipinski definition) is 8. The first-order chi connectivity index (χ1) is 15.1. The molecule has 0 aliphatic carbocycles. The molecule has 4 aromatic rings. The first kappa shape index (κ1) is 20.7. The number of nitrogens with zero attached hydrogens (tertiary/aromatic N) is 3. The molecule has 31 heavy (non-hydrogen) atoms. The lowest BCUT2D eigenvalue weighted by Gasteiger charge is -2.09. The molecule has 4 rings (SSSR count). The molecule has 9 heteroatoms. The van der Waals surface area contributed by atoms with Crippen LogP contribution in [0.4, 0.5) is 0 Å². The Kier molecular flexibility index (Phi) is 5.77. The Morgan fingerprint density at radius 2 is 1.68 bits per heavy atom. The quantitative estimate of drug-likeness (QED) is 0.438. The number of rotatable bonds is 7. The molecule has 0 spiro atoms. The summed E-state index contributed by atoms with van der Waals surface area (Å²) in [6, 6.07) is 10.9. The van der Waals surface area contributed by atoms with Crippen LogP contribution in [0.15, 0.2) is 41.2 Å². The molecular formula is C22H21N3O5S. The first-order valence-corrected chi connectivity index (χ1v) is 10.3. The predicted octanol–water partition coefficient (Wildman–Crippen LogP) is 2.79. The van der Waals surface area contributed by atoms with Gasteiger partial charge < -0.3 is 18.9 Å². The Bertz CT molecular complexity index is 1350. The van der Waals surface area contributed by atoms with Crippen molar-refractivity contribution in [2.75, 3.05) is 27.9 Å². The van der Waals surface area contributed by atoms with Gasteiger partial charge in [-0.2, -0.15) is 9.50 Å². The van der Waals surface area contributed by atoms with E-state index in [0.717, 1.165) is 11.1 Å². The van der Waals surface area contributed by atoms with Gasteiger partial charge in [0.25, 0.3) is 5.56 Å². The third kappa shape index (κ3) is 3.91. The highest BCUT2D eigenvalue weighted by Gasteiger charge is 2.14. The van der Waals surface area contributed by atoms with Crippen molar-refractivity contribution in [1.82, 2.24) is 14.6 Å². The summed E-state index contributed by atoms with van der Waals surface area (Å²) in [5.41, 5.74) is 1.32. The van der Waals surface area contributed by atoms with Crippen molar-refractivity contribution in [3.63, 3.8) is 0 Å². The Morgan fingerprint density at radius 1 is 0.968 bits per heavy atom. The first-order valence-electron chi connectivity index (χ1n) is 9.52. The second kappa shape index (κ2) is 8.65. The van der Waals surface area contributed by atoms with Gasteiger partial charge >= 0.3 is 0 Å². The van der Waals surface area contributed by atoms with Gasteiger partial charge in [0, 0.05) is 5.56 Å². The van der Waals surface area contributed by atoms with Crippen LogP contribution < -0.4 is 29.0 Å². The lowest BCUT2D eigenvalue weighted by Crippen LogP contribution is -2.23. The molecule has 160 valence electrons. The van der Waals surface area contributed by atoms with Crippen molar-refractivity contribution in [3.05, 3.63) is 56.8 Å². The summed E-state index contributed by atoms with van der Waals surface area (Å²) in [6.45, 7) is 2.45. The third-order valence-electron chi connectivity index (χ3n) is 4.61. The van der Waals surface area contributed by atoms with Crippen LogP contribution >= 0.6 is 11.3 Å². The molecule has 2 aromatic carbocycles. The van der Waals surface area contributed by atoms with Crippen LogP contribution in [-0.4, -0.2) is 42.5 Å². The maximum absolute atomic E-state index is 12.9. The van der Waals surface area contributed by atoms with E-state index in [4.69, 9.17) is 18.9 Å². The molecule has 0 N–H and O–H groups in total. The van der Waals surface area contributed by atoms with E-state index in [9.17, 15) is 4.79 Å². The van der Waals surface area contributed by atoms with E-state index < -0.39 is 0 Å². The summed E-state index contributed by atoms with van der Waals surface area (Å²) in [5, 5.41) is 4.39. The normalized spacial score (nSPS) is 11.7. The highest BCUT2D eigenvalue weighted by atomic mass is 32.1. The third-order valence-corrected chi connectivity index (χ3v) is 5.57. The van der Waals surface area contributed by atoms with Crippen LogP contribution in [0.25, 0.3) is 22.4 Å². The smallest absolute Gasteiger partial charge is 0.291 e. The highest BCUT2D eigenvalue weighted by Crippen LogP contribution is 2.31. The maximum atomic E-state index is 12.9. The van der Waals surface area contributed by atoms with Crippen LogP contribution in [0, 0.1) is 0 Å². The van der Waals surface area contributed by atoms with E-state index in [1.54, 1.807) is 39.5 Å². The molecule has 0 fully saturated rings. The predicted molar refractivity (Wildman–Crippen MR) is 119 cm³/mol. The van der Waals surface area contributed by atoms with Gasteiger partial charge in [0.1, 0.15) is 0 Å². The minimum absolute atomic E-state index is 0.230. The average Bonchev–Trinajstić information content (AvgIpc) is 3.33. The molecule has 0 amide bonds. The molecule has 0 aliphatic heterocycles.